The van der Waals surface area contributed by atoms with Gasteiger partial charge in [0.15, 0.2) is 0 Å². The molecule has 0 nitrogen and oxygen atoms in total. The predicted octanol–water partition coefficient (Wildman–Crippen LogP) is 13.7. The van der Waals surface area contributed by atoms with Crippen LogP contribution in [0, 0.1) is 0 Å². The summed E-state index contributed by atoms with van der Waals surface area (Å²) in [6.45, 7) is 0. The fourth-order valence-electron chi connectivity index (χ4n) is 6.80. The molecular weight excluding hydrogens is 642 g/mol. The lowest BCUT2D eigenvalue weighted by atomic mass is 9.90. The van der Waals surface area contributed by atoms with Gasteiger partial charge in [0.2, 0.25) is 0 Å². The Labute approximate surface area is 283 Å². The van der Waals surface area contributed by atoms with E-state index in [1.54, 1.807) is 24.3 Å². The van der Waals surface area contributed by atoms with Crippen LogP contribution in [0.4, 0.5) is 26.3 Å². The Morgan fingerprint density at radius 1 is 0.280 bits per heavy atom. The van der Waals surface area contributed by atoms with Crippen molar-refractivity contribution in [2.45, 2.75) is 12.4 Å². The highest BCUT2D eigenvalue weighted by atomic mass is 19.4. The van der Waals surface area contributed by atoms with E-state index in [4.69, 9.17) is 0 Å². The van der Waals surface area contributed by atoms with Gasteiger partial charge in [-0.05, 0) is 113 Å². The van der Waals surface area contributed by atoms with E-state index in [9.17, 15) is 26.3 Å². The first-order valence-electron chi connectivity index (χ1n) is 16.0. The van der Waals surface area contributed by atoms with Gasteiger partial charge in [-0.3, -0.25) is 0 Å². The van der Waals surface area contributed by atoms with Crippen molar-refractivity contribution in [2.24, 2.45) is 0 Å². The third kappa shape index (κ3) is 5.87. The zero-order chi connectivity index (χ0) is 34.6. The van der Waals surface area contributed by atoms with Gasteiger partial charge in [-0.15, -0.1) is 0 Å². The maximum Gasteiger partial charge on any atom is 0.417 e. The Balaban J connectivity index is 1.21. The van der Waals surface area contributed by atoms with E-state index in [-0.39, 0.29) is 0 Å². The molecule has 0 saturated carbocycles. The molecule has 0 aliphatic rings. The van der Waals surface area contributed by atoms with Crippen molar-refractivity contribution >= 4 is 54.2 Å². The molecule has 0 saturated heterocycles. The van der Waals surface area contributed by atoms with E-state index in [0.717, 1.165) is 55.9 Å². The van der Waals surface area contributed by atoms with Crippen LogP contribution in [-0.2, 0) is 0 Å². The van der Waals surface area contributed by atoms with Gasteiger partial charge >= 0.3 is 12.4 Å². The number of rotatable bonds is 4. The van der Waals surface area contributed by atoms with Crippen molar-refractivity contribution < 1.29 is 26.3 Å². The summed E-state index contributed by atoms with van der Waals surface area (Å²) in [6, 6.07) is 45.8. The van der Waals surface area contributed by atoms with Crippen molar-refractivity contribution in [2.75, 3.05) is 0 Å². The molecule has 8 aromatic rings. The minimum Gasteiger partial charge on any atom is -0.166 e. The molecule has 0 radical (unpaired) electrons. The summed E-state index contributed by atoms with van der Waals surface area (Å²) < 4.78 is 88.8. The highest BCUT2D eigenvalue weighted by Crippen LogP contribution is 2.47. The molecule has 0 heterocycles. The van der Waals surface area contributed by atoms with Crippen molar-refractivity contribution in [3.8, 4) is 22.3 Å². The maximum absolute atomic E-state index is 14.8. The normalized spacial score (nSPS) is 12.9. The van der Waals surface area contributed by atoms with Crippen LogP contribution in [0.15, 0.2) is 158 Å². The maximum atomic E-state index is 14.8. The number of fused-ring (bicyclic) bond motifs is 4. The van der Waals surface area contributed by atoms with Gasteiger partial charge in [0, 0.05) is 0 Å². The lowest BCUT2D eigenvalue weighted by Gasteiger charge is -2.22. The summed E-state index contributed by atoms with van der Waals surface area (Å²) in [7, 11) is 0. The monoisotopic (exact) mass is 668 g/mol. The quantitative estimate of drug-likeness (QED) is 0.129. The summed E-state index contributed by atoms with van der Waals surface area (Å²) in [5.74, 6) is 0. The molecule has 0 atom stereocenters. The fourth-order valence-corrected chi connectivity index (χ4v) is 6.80. The molecular formula is C44H26F6. The minimum absolute atomic E-state index is 0.398. The largest absolute Gasteiger partial charge is 0.417 e. The van der Waals surface area contributed by atoms with Crippen LogP contribution in [-0.4, -0.2) is 12.4 Å². The van der Waals surface area contributed by atoms with Crippen molar-refractivity contribution in [3.05, 3.63) is 169 Å². The summed E-state index contributed by atoms with van der Waals surface area (Å²) in [4.78, 5) is 0. The molecule has 244 valence electrons. The second-order valence-corrected chi connectivity index (χ2v) is 12.4. The van der Waals surface area contributed by atoms with Crippen molar-refractivity contribution in [1.29, 1.82) is 0 Å². The number of allylic oxidation sites excluding steroid dienone is 2. The van der Waals surface area contributed by atoms with Crippen LogP contribution in [0.3, 0.4) is 0 Å². The van der Waals surface area contributed by atoms with Crippen molar-refractivity contribution in [3.63, 3.8) is 0 Å². The summed E-state index contributed by atoms with van der Waals surface area (Å²) >= 11 is 0. The summed E-state index contributed by atoms with van der Waals surface area (Å²) in [5, 5.41) is 6.25. The molecule has 50 heavy (non-hydrogen) atoms. The number of benzene rings is 8. The first-order chi connectivity index (χ1) is 24.0. The fraction of sp³-hybridized carbons (Fsp3) is 0.0455. The van der Waals surface area contributed by atoms with Crippen LogP contribution in [0.25, 0.3) is 76.5 Å². The SMILES string of the molecule is FC(F)(F)/C(=C(\c1ccc2cc(-c3ccc4ccccc4c3)ccc2c1)C(F)(F)F)c1ccc2cc(-c3ccc4ccccc4c3)ccc2c1. The first-order valence-corrected chi connectivity index (χ1v) is 16.0. The molecule has 8 aromatic carbocycles. The van der Waals surface area contributed by atoms with Crippen molar-refractivity contribution in [1.82, 2.24) is 0 Å². The van der Waals surface area contributed by atoms with Crippen LogP contribution >= 0.6 is 0 Å². The summed E-state index contributed by atoms with van der Waals surface area (Å²) in [6.07, 6.45) is -10.6. The smallest absolute Gasteiger partial charge is 0.166 e. The van der Waals surface area contributed by atoms with Gasteiger partial charge in [-0.25, -0.2) is 0 Å². The predicted molar refractivity (Wildman–Crippen MR) is 193 cm³/mol. The number of hydrogen-bond acceptors (Lipinski definition) is 0. The average molecular weight is 669 g/mol. The molecule has 0 fully saturated rings. The van der Waals surface area contributed by atoms with Gasteiger partial charge in [0.05, 0.1) is 11.1 Å². The number of hydrogen-bond donors (Lipinski definition) is 0. The number of halogens is 6. The van der Waals surface area contributed by atoms with E-state index in [1.165, 1.54) is 24.3 Å². The Hall–Kier alpha value is -5.88. The molecule has 6 heteroatoms. The second-order valence-electron chi connectivity index (χ2n) is 12.4. The van der Waals surface area contributed by atoms with E-state index in [0.29, 0.717) is 21.5 Å². The van der Waals surface area contributed by atoms with E-state index in [2.05, 4.69) is 0 Å². The van der Waals surface area contributed by atoms with Crippen LogP contribution in [0.5, 0.6) is 0 Å². The van der Waals surface area contributed by atoms with E-state index >= 15 is 0 Å². The standard InChI is InChI=1S/C44H26F6/c45-43(46,47)41(39-19-17-35-23-33(13-15-37(35)25-39)31-11-9-27-5-1-3-7-29(27)21-31)42(44(48,49)50)40-20-18-36-24-34(14-16-38(36)26-40)32-12-10-28-6-2-4-8-30(28)22-32/h1-26H/b42-41+. The lowest BCUT2D eigenvalue weighted by molar-refractivity contribution is -0.0828. The Bertz CT molecular complexity index is 2440. The van der Waals surface area contributed by atoms with Gasteiger partial charge in [0.25, 0.3) is 0 Å². The van der Waals surface area contributed by atoms with Gasteiger partial charge in [0.1, 0.15) is 0 Å². The van der Waals surface area contributed by atoms with Crippen LogP contribution in [0.1, 0.15) is 11.1 Å². The highest BCUT2D eigenvalue weighted by molar-refractivity contribution is 6.01. The molecule has 0 N–H and O–H groups in total. The average Bonchev–Trinajstić information content (AvgIpc) is 3.11. The molecule has 0 amide bonds. The highest BCUT2D eigenvalue weighted by Gasteiger charge is 2.46. The zero-order valence-corrected chi connectivity index (χ0v) is 26.3. The van der Waals surface area contributed by atoms with Gasteiger partial charge < -0.3 is 0 Å². The second kappa shape index (κ2) is 11.9. The van der Waals surface area contributed by atoms with E-state index in [1.807, 2.05) is 97.1 Å². The molecule has 0 spiro atoms. The molecule has 0 aromatic heterocycles. The van der Waals surface area contributed by atoms with Crippen LogP contribution < -0.4 is 0 Å². The first kappa shape index (κ1) is 31.4. The molecule has 0 aliphatic carbocycles. The minimum atomic E-state index is -5.29. The topological polar surface area (TPSA) is 0 Å². The summed E-state index contributed by atoms with van der Waals surface area (Å²) in [5.41, 5.74) is -1.02. The van der Waals surface area contributed by atoms with Crippen LogP contribution in [0.2, 0.25) is 0 Å². The van der Waals surface area contributed by atoms with E-state index < -0.39 is 34.6 Å². The zero-order valence-electron chi connectivity index (χ0n) is 26.3. The Morgan fingerprint density at radius 2 is 0.540 bits per heavy atom. The third-order valence-electron chi connectivity index (χ3n) is 9.24. The molecule has 0 unspecified atom stereocenters. The van der Waals surface area contributed by atoms with Gasteiger partial charge in [-0.2, -0.15) is 26.3 Å². The molecule has 8 rings (SSSR count). The lowest BCUT2D eigenvalue weighted by Crippen LogP contribution is -2.21. The molecule has 0 aliphatic heterocycles. The Kier molecular flexibility index (Phi) is 7.48. The Morgan fingerprint density at radius 3 is 0.880 bits per heavy atom. The number of alkyl halides is 6. The van der Waals surface area contributed by atoms with Gasteiger partial charge in [-0.1, -0.05) is 121 Å². The third-order valence-corrected chi connectivity index (χ3v) is 9.24. The molecule has 0 bridgehead atoms.